The second-order valence-corrected chi connectivity index (χ2v) is 5.89. The summed E-state index contributed by atoms with van der Waals surface area (Å²) >= 11 is 0. The smallest absolute Gasteiger partial charge is 0.292 e. The van der Waals surface area contributed by atoms with Crippen molar-refractivity contribution >= 4 is 17.3 Å². The number of fused-ring (bicyclic) bond motifs is 1. The molecule has 1 saturated heterocycles. The Bertz CT molecular complexity index is 588. The summed E-state index contributed by atoms with van der Waals surface area (Å²) in [4.78, 5) is 25.1. The van der Waals surface area contributed by atoms with Crippen LogP contribution in [0.2, 0.25) is 0 Å². The highest BCUT2D eigenvalue weighted by atomic mass is 16.6. The third-order valence-corrected chi connectivity index (χ3v) is 4.76. The van der Waals surface area contributed by atoms with Crippen LogP contribution in [0.15, 0.2) is 18.2 Å². The number of nitrogens with two attached hydrogens (primary N) is 1. The number of para-hydroxylation sites is 1. The number of nitrogen functional groups attached to an aromatic ring is 1. The summed E-state index contributed by atoms with van der Waals surface area (Å²) in [6, 6.07) is 4.73. The lowest BCUT2D eigenvalue weighted by atomic mass is 9.91. The first-order chi connectivity index (χ1) is 10.1. The summed E-state index contributed by atoms with van der Waals surface area (Å²) < 4.78 is 0. The minimum atomic E-state index is -0.541. The van der Waals surface area contributed by atoms with Gasteiger partial charge < -0.3 is 10.6 Å². The second-order valence-electron chi connectivity index (χ2n) is 5.89. The molecule has 1 aromatic rings. The van der Waals surface area contributed by atoms with Gasteiger partial charge in [-0.05, 0) is 37.7 Å². The molecular weight excluding hydrogens is 270 g/mol. The molecule has 1 aliphatic carbocycles. The summed E-state index contributed by atoms with van der Waals surface area (Å²) in [6.07, 6.45) is 5.55. The zero-order valence-corrected chi connectivity index (χ0v) is 11.8. The van der Waals surface area contributed by atoms with E-state index < -0.39 is 4.92 Å². The molecule has 0 aromatic heterocycles. The highest BCUT2D eigenvalue weighted by Crippen LogP contribution is 2.38. The van der Waals surface area contributed by atoms with Crippen LogP contribution in [-0.2, 0) is 0 Å². The van der Waals surface area contributed by atoms with E-state index in [0.717, 1.165) is 25.8 Å². The average molecular weight is 289 g/mol. The largest absolute Gasteiger partial charge is 0.393 e. The van der Waals surface area contributed by atoms with Crippen LogP contribution in [0.3, 0.4) is 0 Å². The summed E-state index contributed by atoms with van der Waals surface area (Å²) in [7, 11) is 0. The Morgan fingerprint density at radius 3 is 2.81 bits per heavy atom. The fourth-order valence-corrected chi connectivity index (χ4v) is 3.76. The summed E-state index contributed by atoms with van der Waals surface area (Å²) in [5.74, 6) is 0.426. The van der Waals surface area contributed by atoms with Crippen molar-refractivity contribution in [1.82, 2.24) is 4.90 Å². The van der Waals surface area contributed by atoms with Crippen molar-refractivity contribution in [2.75, 3.05) is 12.3 Å². The van der Waals surface area contributed by atoms with Gasteiger partial charge in [-0.15, -0.1) is 0 Å². The SMILES string of the molecule is Nc1c(C(=O)N2CCCC3CCCC32)cccc1[N+](=O)[O-]. The number of carbonyl (C=O) groups is 1. The molecule has 21 heavy (non-hydrogen) atoms. The van der Waals surface area contributed by atoms with E-state index in [0.29, 0.717) is 5.92 Å². The van der Waals surface area contributed by atoms with Crippen molar-refractivity contribution < 1.29 is 9.72 Å². The molecule has 112 valence electrons. The van der Waals surface area contributed by atoms with Crippen LogP contribution >= 0.6 is 0 Å². The number of carbonyl (C=O) groups excluding carboxylic acids is 1. The number of nitro groups is 1. The van der Waals surface area contributed by atoms with Gasteiger partial charge in [-0.3, -0.25) is 14.9 Å². The topological polar surface area (TPSA) is 89.5 Å². The number of hydrogen-bond acceptors (Lipinski definition) is 4. The maximum atomic E-state index is 12.8. The molecule has 1 saturated carbocycles. The van der Waals surface area contributed by atoms with Gasteiger partial charge in [0.1, 0.15) is 5.69 Å². The molecule has 0 spiro atoms. The Labute approximate surface area is 123 Å². The molecule has 1 aromatic carbocycles. The minimum absolute atomic E-state index is 0.0207. The van der Waals surface area contributed by atoms with Crippen molar-refractivity contribution in [3.8, 4) is 0 Å². The molecule has 2 N–H and O–H groups in total. The van der Waals surface area contributed by atoms with Crippen molar-refractivity contribution in [1.29, 1.82) is 0 Å². The Hall–Kier alpha value is -2.11. The number of amides is 1. The molecule has 2 atom stereocenters. The summed E-state index contributed by atoms with van der Waals surface area (Å²) in [5, 5.41) is 11.0. The number of benzene rings is 1. The van der Waals surface area contributed by atoms with Gasteiger partial charge in [-0.1, -0.05) is 12.5 Å². The van der Waals surface area contributed by atoms with Gasteiger partial charge in [0.25, 0.3) is 11.6 Å². The zero-order chi connectivity index (χ0) is 15.0. The third-order valence-electron chi connectivity index (χ3n) is 4.76. The second kappa shape index (κ2) is 5.35. The Kier molecular flexibility index (Phi) is 3.53. The monoisotopic (exact) mass is 289 g/mol. The van der Waals surface area contributed by atoms with Gasteiger partial charge in [0.15, 0.2) is 0 Å². The summed E-state index contributed by atoms with van der Waals surface area (Å²) in [5.41, 5.74) is 5.89. The number of likely N-dealkylation sites (tertiary alicyclic amines) is 1. The van der Waals surface area contributed by atoms with Gasteiger partial charge in [-0.25, -0.2) is 0 Å². The van der Waals surface area contributed by atoms with Gasteiger partial charge in [0.05, 0.1) is 10.5 Å². The molecule has 2 unspecified atom stereocenters. The van der Waals surface area contributed by atoms with Crippen LogP contribution in [0.1, 0.15) is 42.5 Å². The first-order valence-corrected chi connectivity index (χ1v) is 7.43. The van der Waals surface area contributed by atoms with Crippen LogP contribution in [-0.4, -0.2) is 28.3 Å². The van der Waals surface area contributed by atoms with E-state index in [4.69, 9.17) is 5.73 Å². The van der Waals surface area contributed by atoms with E-state index in [1.54, 1.807) is 6.07 Å². The highest BCUT2D eigenvalue weighted by Gasteiger charge is 2.38. The van der Waals surface area contributed by atoms with E-state index in [1.165, 1.54) is 25.0 Å². The normalized spacial score (nSPS) is 24.7. The lowest BCUT2D eigenvalue weighted by Crippen LogP contribution is -2.46. The average Bonchev–Trinajstić information content (AvgIpc) is 2.94. The number of nitrogens with zero attached hydrogens (tertiary/aromatic N) is 2. The Morgan fingerprint density at radius 1 is 1.29 bits per heavy atom. The molecule has 0 radical (unpaired) electrons. The Balaban J connectivity index is 1.91. The fourth-order valence-electron chi connectivity index (χ4n) is 3.76. The van der Waals surface area contributed by atoms with Crippen molar-refractivity contribution in [3.63, 3.8) is 0 Å². The van der Waals surface area contributed by atoms with Crippen molar-refractivity contribution in [2.24, 2.45) is 5.92 Å². The maximum absolute atomic E-state index is 12.8. The van der Waals surface area contributed by atoms with Crippen LogP contribution in [0, 0.1) is 16.0 Å². The molecular formula is C15H19N3O3. The lowest BCUT2D eigenvalue weighted by molar-refractivity contribution is -0.383. The molecule has 2 fully saturated rings. The molecule has 0 bridgehead atoms. The zero-order valence-electron chi connectivity index (χ0n) is 11.8. The number of nitro benzene ring substituents is 1. The predicted octanol–water partition coefficient (Wildman–Crippen LogP) is 2.58. The maximum Gasteiger partial charge on any atom is 0.292 e. The Morgan fingerprint density at radius 2 is 2.05 bits per heavy atom. The molecule has 1 heterocycles. The molecule has 6 nitrogen and oxygen atoms in total. The van der Waals surface area contributed by atoms with Gasteiger partial charge in [0, 0.05) is 18.7 Å². The lowest BCUT2D eigenvalue weighted by Gasteiger charge is -2.38. The fraction of sp³-hybridized carbons (Fsp3) is 0.533. The van der Waals surface area contributed by atoms with Crippen molar-refractivity contribution in [2.45, 2.75) is 38.1 Å². The molecule has 3 rings (SSSR count). The first-order valence-electron chi connectivity index (χ1n) is 7.43. The van der Waals surface area contributed by atoms with E-state index in [9.17, 15) is 14.9 Å². The van der Waals surface area contributed by atoms with E-state index in [-0.39, 0.29) is 28.9 Å². The van der Waals surface area contributed by atoms with Crippen LogP contribution < -0.4 is 5.73 Å². The van der Waals surface area contributed by atoms with Gasteiger partial charge in [0.2, 0.25) is 0 Å². The van der Waals surface area contributed by atoms with E-state index >= 15 is 0 Å². The third kappa shape index (κ3) is 2.34. The molecule has 1 aliphatic heterocycles. The predicted molar refractivity (Wildman–Crippen MR) is 78.9 cm³/mol. The quantitative estimate of drug-likeness (QED) is 0.514. The standard InChI is InChI=1S/C15H19N3O3/c16-14-11(6-2-8-13(14)18(20)21)15(19)17-9-3-5-10-4-1-7-12(10)17/h2,6,8,10,12H,1,3-5,7,9,16H2. The number of piperidine rings is 1. The number of hydrogen-bond donors (Lipinski definition) is 1. The van der Waals surface area contributed by atoms with E-state index in [1.807, 2.05) is 4.90 Å². The molecule has 6 heteroatoms. The van der Waals surface area contributed by atoms with Crippen LogP contribution in [0.4, 0.5) is 11.4 Å². The van der Waals surface area contributed by atoms with E-state index in [2.05, 4.69) is 0 Å². The van der Waals surface area contributed by atoms with Gasteiger partial charge >= 0.3 is 0 Å². The van der Waals surface area contributed by atoms with Crippen LogP contribution in [0.5, 0.6) is 0 Å². The first kappa shape index (κ1) is 13.9. The molecule has 1 amide bonds. The van der Waals surface area contributed by atoms with Crippen LogP contribution in [0.25, 0.3) is 0 Å². The summed E-state index contributed by atoms with van der Waals surface area (Å²) in [6.45, 7) is 0.724. The number of anilines is 1. The minimum Gasteiger partial charge on any atom is -0.393 e. The molecule has 2 aliphatic rings. The number of rotatable bonds is 2. The highest BCUT2D eigenvalue weighted by molar-refractivity contribution is 6.01. The van der Waals surface area contributed by atoms with Crippen molar-refractivity contribution in [3.05, 3.63) is 33.9 Å². The van der Waals surface area contributed by atoms with Gasteiger partial charge in [-0.2, -0.15) is 0 Å².